The Morgan fingerprint density at radius 2 is 2.12 bits per heavy atom. The molecule has 0 atom stereocenters. The van der Waals surface area contributed by atoms with Crippen LogP contribution in [0.1, 0.15) is 22.4 Å². The number of anilines is 1. The molecule has 4 aromatic rings. The summed E-state index contributed by atoms with van der Waals surface area (Å²) < 4.78 is 1.43. The molecule has 1 amide bonds. The number of nitrogens with one attached hydrogen (secondary N) is 2. The van der Waals surface area contributed by atoms with E-state index in [2.05, 4.69) is 34.3 Å². The highest BCUT2D eigenvalue weighted by molar-refractivity contribution is 7.15. The minimum atomic E-state index is -0.271. The third kappa shape index (κ3) is 2.70. The molecule has 0 bridgehead atoms. The van der Waals surface area contributed by atoms with Crippen LogP contribution < -0.4 is 10.9 Å². The van der Waals surface area contributed by atoms with Crippen molar-refractivity contribution in [2.45, 2.75) is 27.2 Å². The van der Waals surface area contributed by atoms with Crippen LogP contribution in [-0.4, -0.2) is 20.3 Å². The molecule has 0 aliphatic carbocycles. The molecule has 3 aromatic heterocycles. The van der Waals surface area contributed by atoms with E-state index < -0.39 is 0 Å². The van der Waals surface area contributed by atoms with Gasteiger partial charge in [0.15, 0.2) is 4.96 Å². The summed E-state index contributed by atoms with van der Waals surface area (Å²) in [6, 6.07) is 4.20. The molecule has 4 rings (SSSR count). The fraction of sp³-hybridized carbons (Fsp3) is 0.211. The maximum absolute atomic E-state index is 12.6. The highest BCUT2D eigenvalue weighted by atomic mass is 32.1. The van der Waals surface area contributed by atoms with Crippen LogP contribution in [0, 0.1) is 20.8 Å². The number of thiazole rings is 1. The van der Waals surface area contributed by atoms with E-state index in [4.69, 9.17) is 0 Å². The van der Waals surface area contributed by atoms with Gasteiger partial charge in [-0.15, -0.1) is 11.3 Å². The SMILES string of the molecule is Cc1cc(C)c2[nH]c(C)c(CC(=O)Nc3cnc4sccn4c3=O)c2c1. The van der Waals surface area contributed by atoms with Crippen molar-refractivity contribution in [3.63, 3.8) is 0 Å². The Morgan fingerprint density at radius 3 is 2.92 bits per heavy atom. The van der Waals surface area contributed by atoms with Crippen molar-refractivity contribution < 1.29 is 4.79 Å². The standard InChI is InChI=1S/C19H18N4O2S/c1-10-6-11(2)17-14(7-10)13(12(3)21-17)8-16(24)22-15-9-20-19-23(18(15)25)4-5-26-19/h4-7,9,21H,8H2,1-3H3,(H,22,24). The van der Waals surface area contributed by atoms with Crippen LogP contribution in [0.5, 0.6) is 0 Å². The molecule has 0 spiro atoms. The van der Waals surface area contributed by atoms with Gasteiger partial charge in [-0.3, -0.25) is 14.0 Å². The molecule has 26 heavy (non-hydrogen) atoms. The maximum Gasteiger partial charge on any atom is 0.282 e. The van der Waals surface area contributed by atoms with Gasteiger partial charge in [0.25, 0.3) is 5.56 Å². The fourth-order valence-electron chi connectivity index (χ4n) is 3.33. The van der Waals surface area contributed by atoms with E-state index in [9.17, 15) is 9.59 Å². The van der Waals surface area contributed by atoms with E-state index in [0.29, 0.717) is 4.96 Å². The van der Waals surface area contributed by atoms with Crippen molar-refractivity contribution in [2.75, 3.05) is 5.32 Å². The molecule has 0 fully saturated rings. The van der Waals surface area contributed by atoms with Crippen LogP contribution >= 0.6 is 11.3 Å². The Morgan fingerprint density at radius 1 is 1.31 bits per heavy atom. The number of rotatable bonds is 3. The number of nitrogens with zero attached hydrogens (tertiary/aromatic N) is 2. The molecule has 2 N–H and O–H groups in total. The van der Waals surface area contributed by atoms with E-state index in [-0.39, 0.29) is 23.6 Å². The summed E-state index contributed by atoms with van der Waals surface area (Å²) in [5.41, 5.74) is 5.20. The Kier molecular flexibility index (Phi) is 3.88. The maximum atomic E-state index is 12.6. The monoisotopic (exact) mass is 366 g/mol. The zero-order valence-corrected chi connectivity index (χ0v) is 15.5. The predicted molar refractivity (Wildman–Crippen MR) is 104 cm³/mol. The van der Waals surface area contributed by atoms with Gasteiger partial charge in [-0.05, 0) is 38.0 Å². The van der Waals surface area contributed by atoms with E-state index in [1.807, 2.05) is 13.8 Å². The zero-order chi connectivity index (χ0) is 18.4. The third-order valence-electron chi connectivity index (χ3n) is 4.52. The van der Waals surface area contributed by atoms with Gasteiger partial charge in [0.2, 0.25) is 5.91 Å². The molecule has 1 aromatic carbocycles. The Labute approximate surface area is 153 Å². The lowest BCUT2D eigenvalue weighted by Crippen LogP contribution is -2.23. The average molecular weight is 366 g/mol. The second-order valence-electron chi connectivity index (χ2n) is 6.49. The summed E-state index contributed by atoms with van der Waals surface area (Å²) in [7, 11) is 0. The Bertz CT molecular complexity index is 1220. The lowest BCUT2D eigenvalue weighted by atomic mass is 10.0. The number of benzene rings is 1. The Hall–Kier alpha value is -2.93. The van der Waals surface area contributed by atoms with Gasteiger partial charge < -0.3 is 10.3 Å². The third-order valence-corrected chi connectivity index (χ3v) is 5.30. The van der Waals surface area contributed by atoms with Crippen LogP contribution in [0.2, 0.25) is 0 Å². The van der Waals surface area contributed by atoms with Crippen molar-refractivity contribution >= 4 is 38.8 Å². The number of aromatic amines is 1. The summed E-state index contributed by atoms with van der Waals surface area (Å²) in [5.74, 6) is -0.234. The molecule has 0 aliphatic heterocycles. The minimum Gasteiger partial charge on any atom is -0.358 e. The van der Waals surface area contributed by atoms with Gasteiger partial charge in [-0.25, -0.2) is 4.98 Å². The quantitative estimate of drug-likeness (QED) is 0.584. The van der Waals surface area contributed by atoms with E-state index in [0.717, 1.165) is 33.3 Å². The van der Waals surface area contributed by atoms with Gasteiger partial charge in [0.05, 0.1) is 12.6 Å². The number of hydrogen-bond acceptors (Lipinski definition) is 4. The first kappa shape index (κ1) is 16.5. The molecule has 0 radical (unpaired) electrons. The smallest absolute Gasteiger partial charge is 0.282 e. The largest absolute Gasteiger partial charge is 0.358 e. The molecule has 132 valence electrons. The first-order valence-corrected chi connectivity index (χ1v) is 9.15. The number of aryl methyl sites for hydroxylation is 3. The summed E-state index contributed by atoms with van der Waals surface area (Å²) in [4.78, 5) is 33.2. The number of H-pyrrole nitrogens is 1. The van der Waals surface area contributed by atoms with E-state index in [1.165, 1.54) is 21.9 Å². The highest BCUT2D eigenvalue weighted by Crippen LogP contribution is 2.27. The lowest BCUT2D eigenvalue weighted by Gasteiger charge is -2.06. The van der Waals surface area contributed by atoms with E-state index in [1.54, 1.807) is 11.6 Å². The summed E-state index contributed by atoms with van der Waals surface area (Å²) >= 11 is 1.37. The molecule has 6 nitrogen and oxygen atoms in total. The molecule has 0 aliphatic rings. The molecular weight excluding hydrogens is 348 g/mol. The average Bonchev–Trinajstić information content (AvgIpc) is 3.17. The van der Waals surface area contributed by atoms with Gasteiger partial charge >= 0.3 is 0 Å². The van der Waals surface area contributed by atoms with Crippen LogP contribution in [-0.2, 0) is 11.2 Å². The number of carbonyl (C=O) groups is 1. The van der Waals surface area contributed by atoms with Crippen LogP contribution in [0.25, 0.3) is 15.9 Å². The number of aromatic nitrogens is 3. The van der Waals surface area contributed by atoms with Crippen molar-refractivity contribution in [1.29, 1.82) is 0 Å². The summed E-state index contributed by atoms with van der Waals surface area (Å²) in [6.07, 6.45) is 3.27. The summed E-state index contributed by atoms with van der Waals surface area (Å²) in [6.45, 7) is 6.06. The molecule has 0 saturated heterocycles. The van der Waals surface area contributed by atoms with Crippen molar-refractivity contribution in [3.8, 4) is 0 Å². The molecule has 0 unspecified atom stereocenters. The number of hydrogen-bond donors (Lipinski definition) is 2. The van der Waals surface area contributed by atoms with E-state index >= 15 is 0 Å². The topological polar surface area (TPSA) is 79.3 Å². The van der Waals surface area contributed by atoms with Crippen LogP contribution in [0.3, 0.4) is 0 Å². The fourth-order valence-corrected chi connectivity index (χ4v) is 4.00. The molecule has 7 heteroatoms. The molecule has 0 saturated carbocycles. The lowest BCUT2D eigenvalue weighted by molar-refractivity contribution is -0.115. The van der Waals surface area contributed by atoms with Gasteiger partial charge in [0, 0.05) is 28.2 Å². The number of amides is 1. The van der Waals surface area contributed by atoms with Crippen molar-refractivity contribution in [1.82, 2.24) is 14.4 Å². The normalized spacial score (nSPS) is 11.3. The van der Waals surface area contributed by atoms with Gasteiger partial charge in [-0.1, -0.05) is 11.6 Å². The number of carbonyl (C=O) groups excluding carboxylic acids is 1. The minimum absolute atomic E-state index is 0.191. The van der Waals surface area contributed by atoms with Crippen LogP contribution in [0.4, 0.5) is 5.69 Å². The first-order chi connectivity index (χ1) is 12.4. The summed E-state index contributed by atoms with van der Waals surface area (Å²) in [5, 5.41) is 5.55. The second-order valence-corrected chi connectivity index (χ2v) is 7.36. The Balaban J connectivity index is 1.66. The number of fused-ring (bicyclic) bond motifs is 2. The highest BCUT2D eigenvalue weighted by Gasteiger charge is 2.16. The second kappa shape index (κ2) is 6.10. The van der Waals surface area contributed by atoms with Crippen molar-refractivity contribution in [3.05, 3.63) is 62.6 Å². The van der Waals surface area contributed by atoms with Crippen LogP contribution in [0.15, 0.2) is 34.7 Å². The van der Waals surface area contributed by atoms with Gasteiger partial charge in [-0.2, -0.15) is 0 Å². The predicted octanol–water partition coefficient (Wildman–Crippen LogP) is 3.34. The zero-order valence-electron chi connectivity index (χ0n) is 14.7. The van der Waals surface area contributed by atoms with Gasteiger partial charge in [0.1, 0.15) is 5.69 Å². The van der Waals surface area contributed by atoms with Crippen molar-refractivity contribution in [2.24, 2.45) is 0 Å². The molecular formula is C19H18N4O2S. The molecule has 3 heterocycles. The first-order valence-electron chi connectivity index (χ1n) is 8.27.